The van der Waals surface area contributed by atoms with Crippen LogP contribution in [-0.2, 0) is 0 Å². The van der Waals surface area contributed by atoms with Gasteiger partial charge in [-0.1, -0.05) is 170 Å². The molecule has 12 rings (SSSR count). The summed E-state index contributed by atoms with van der Waals surface area (Å²) in [7, 11) is 0. The quantitative estimate of drug-likeness (QED) is 0.161. The van der Waals surface area contributed by atoms with Crippen LogP contribution in [-0.4, -0.2) is 19.5 Å². The highest BCUT2D eigenvalue weighted by Crippen LogP contribution is 2.44. The first kappa shape index (κ1) is 30.1. The summed E-state index contributed by atoms with van der Waals surface area (Å²) >= 11 is 1.68. The zero-order chi connectivity index (χ0) is 46.2. The Bertz CT molecular complexity index is 3830. The number of para-hydroxylation sites is 2. The van der Waals surface area contributed by atoms with Crippen LogP contribution in [0, 0.1) is 0 Å². The SMILES string of the molecule is [2H]c1cc([2H])c2c(c1[2H])c1c([2H])c([2H])cc([2H])c1n2-c1ccc(-c2nc(-c3cccc(-c4ccccc4)c3)nc(-c3cccc(-c4ccccc4)c3)n2)cc1-c1cccc2c1sc1ccccc12. The Labute approximate surface area is 371 Å². The molecular weight excluding hydrogens is 773 g/mol. The fourth-order valence-corrected chi connectivity index (χ4v) is 9.73. The van der Waals surface area contributed by atoms with E-state index < -0.39 is 0 Å². The normalized spacial score (nSPS) is 12.9. The summed E-state index contributed by atoms with van der Waals surface area (Å²) in [6, 6.07) is 59.2. The van der Waals surface area contributed by atoms with Gasteiger partial charge < -0.3 is 4.57 Å². The second-order valence-electron chi connectivity index (χ2n) is 15.1. The number of rotatable bonds is 7. The highest BCUT2D eigenvalue weighted by molar-refractivity contribution is 7.26. The van der Waals surface area contributed by atoms with E-state index in [1.165, 1.54) is 12.1 Å². The zero-order valence-electron chi connectivity index (χ0n) is 39.0. The maximum absolute atomic E-state index is 9.31. The van der Waals surface area contributed by atoms with Crippen molar-refractivity contribution in [3.63, 3.8) is 0 Å². The van der Waals surface area contributed by atoms with E-state index in [9.17, 15) is 2.74 Å². The molecule has 0 aliphatic carbocycles. The number of fused-ring (bicyclic) bond motifs is 6. The van der Waals surface area contributed by atoms with Gasteiger partial charge in [-0.05, 0) is 70.7 Å². The molecule has 9 aromatic carbocycles. The molecule has 290 valence electrons. The lowest BCUT2D eigenvalue weighted by atomic mass is 9.98. The van der Waals surface area contributed by atoms with E-state index in [2.05, 4.69) is 72.8 Å². The number of nitrogens with zero attached hydrogens (tertiary/aromatic N) is 4. The van der Waals surface area contributed by atoms with Crippen LogP contribution >= 0.6 is 11.3 Å². The maximum atomic E-state index is 9.31. The van der Waals surface area contributed by atoms with Crippen molar-refractivity contribution in [2.75, 3.05) is 0 Å². The van der Waals surface area contributed by atoms with Crippen LogP contribution < -0.4 is 0 Å². The first-order chi connectivity index (χ1) is 33.2. The van der Waals surface area contributed by atoms with Gasteiger partial charge in [0, 0.05) is 58.8 Å². The van der Waals surface area contributed by atoms with E-state index in [1.807, 2.05) is 97.1 Å². The summed E-state index contributed by atoms with van der Waals surface area (Å²) in [5.41, 5.74) is 9.30. The number of thiophene rings is 1. The molecule has 0 fully saturated rings. The molecule has 62 heavy (non-hydrogen) atoms. The minimum Gasteiger partial charge on any atom is -0.309 e. The van der Waals surface area contributed by atoms with E-state index in [4.69, 9.17) is 20.4 Å². The van der Waals surface area contributed by atoms with Gasteiger partial charge in [0.05, 0.1) is 24.9 Å². The van der Waals surface area contributed by atoms with Crippen molar-refractivity contribution in [3.05, 3.63) is 218 Å². The Kier molecular flexibility index (Phi) is 7.25. The molecular formula is C57H36N4S. The molecule has 4 nitrogen and oxygen atoms in total. The van der Waals surface area contributed by atoms with Crippen LogP contribution in [0.25, 0.3) is 115 Å². The number of benzene rings is 9. The molecule has 0 bridgehead atoms. The second-order valence-corrected chi connectivity index (χ2v) is 16.2. The van der Waals surface area contributed by atoms with Gasteiger partial charge in [-0.3, -0.25) is 0 Å². The Hall–Kier alpha value is -7.99. The van der Waals surface area contributed by atoms with Gasteiger partial charge in [-0.15, -0.1) is 11.3 Å². The van der Waals surface area contributed by atoms with Gasteiger partial charge in [-0.2, -0.15) is 0 Å². The molecule has 0 atom stereocenters. The van der Waals surface area contributed by atoms with Crippen molar-refractivity contribution in [1.82, 2.24) is 19.5 Å². The first-order valence-electron chi connectivity index (χ1n) is 23.3. The fraction of sp³-hybridized carbons (Fsp3) is 0. The number of hydrogen-bond donors (Lipinski definition) is 0. The van der Waals surface area contributed by atoms with Crippen molar-refractivity contribution < 1.29 is 8.22 Å². The minimum atomic E-state index is -0.168. The third kappa shape index (κ3) is 6.18. The molecule has 12 aromatic rings. The second kappa shape index (κ2) is 14.9. The summed E-state index contributed by atoms with van der Waals surface area (Å²) in [6.07, 6.45) is 0. The molecule has 0 spiro atoms. The average Bonchev–Trinajstić information content (AvgIpc) is 3.96. The van der Waals surface area contributed by atoms with Crippen LogP contribution in [0.1, 0.15) is 8.22 Å². The zero-order valence-corrected chi connectivity index (χ0v) is 33.8. The predicted molar refractivity (Wildman–Crippen MR) is 260 cm³/mol. The molecule has 0 unspecified atom stereocenters. The minimum absolute atomic E-state index is 0.0279. The number of aromatic nitrogens is 4. The van der Waals surface area contributed by atoms with Gasteiger partial charge >= 0.3 is 0 Å². The number of hydrogen-bond acceptors (Lipinski definition) is 4. The standard InChI is InChI=1S/C57H36N4S/c1-3-16-37(17-4-1)39-20-13-22-41(34-39)55-58-56(42-23-14-21-40(35-42)38-18-5-2-6-19-38)60-57(59-55)43-32-33-52(61-50-29-10-7-24-44(50)45-25-8-11-30-51(45)61)49(36-43)48-28-15-27-47-46-26-9-12-31-53(46)62-54(47)48/h1-36H/i7D,8D,24D,25D,29D,30D. The molecule has 5 heteroatoms. The Morgan fingerprint density at radius 3 is 1.48 bits per heavy atom. The first-order valence-corrected chi connectivity index (χ1v) is 21.2. The summed E-state index contributed by atoms with van der Waals surface area (Å²) in [5.74, 6) is 1.42. The molecule has 0 radical (unpaired) electrons. The summed E-state index contributed by atoms with van der Waals surface area (Å²) < 4.78 is 58.0. The molecule has 0 aliphatic heterocycles. The fourth-order valence-electron chi connectivity index (χ4n) is 8.50. The molecule has 0 aliphatic rings. The van der Waals surface area contributed by atoms with Crippen LogP contribution in [0.5, 0.6) is 0 Å². The molecule has 0 N–H and O–H groups in total. The predicted octanol–water partition coefficient (Wildman–Crippen LogP) is 15.3. The lowest BCUT2D eigenvalue weighted by Crippen LogP contribution is -2.02. The highest BCUT2D eigenvalue weighted by atomic mass is 32.1. The van der Waals surface area contributed by atoms with Gasteiger partial charge in [0.2, 0.25) is 0 Å². The van der Waals surface area contributed by atoms with Gasteiger partial charge in [0.15, 0.2) is 17.5 Å². The highest BCUT2D eigenvalue weighted by Gasteiger charge is 2.21. The van der Waals surface area contributed by atoms with Crippen LogP contribution in [0.4, 0.5) is 0 Å². The largest absolute Gasteiger partial charge is 0.309 e. The monoisotopic (exact) mass is 814 g/mol. The lowest BCUT2D eigenvalue weighted by Gasteiger charge is -2.17. The van der Waals surface area contributed by atoms with Crippen LogP contribution in [0.2, 0.25) is 0 Å². The smallest absolute Gasteiger partial charge is 0.164 e. The average molecular weight is 815 g/mol. The van der Waals surface area contributed by atoms with E-state index in [-0.39, 0.29) is 58.1 Å². The van der Waals surface area contributed by atoms with E-state index in [0.717, 1.165) is 64.7 Å². The van der Waals surface area contributed by atoms with Crippen molar-refractivity contribution in [2.24, 2.45) is 0 Å². The Morgan fingerprint density at radius 1 is 0.371 bits per heavy atom. The van der Waals surface area contributed by atoms with E-state index in [0.29, 0.717) is 28.7 Å². The summed E-state index contributed by atoms with van der Waals surface area (Å²) in [5, 5.41) is 2.59. The van der Waals surface area contributed by atoms with E-state index >= 15 is 0 Å². The van der Waals surface area contributed by atoms with Gasteiger partial charge in [-0.25, -0.2) is 15.0 Å². The van der Waals surface area contributed by atoms with Crippen molar-refractivity contribution >= 4 is 53.3 Å². The maximum Gasteiger partial charge on any atom is 0.164 e. The third-order valence-electron chi connectivity index (χ3n) is 11.4. The summed E-state index contributed by atoms with van der Waals surface area (Å²) in [4.78, 5) is 15.6. The van der Waals surface area contributed by atoms with Gasteiger partial charge in [0.25, 0.3) is 0 Å². The molecule has 3 heterocycles. The third-order valence-corrected chi connectivity index (χ3v) is 12.6. The molecule has 3 aromatic heterocycles. The summed E-state index contributed by atoms with van der Waals surface area (Å²) in [6.45, 7) is 0. The Morgan fingerprint density at radius 2 is 0.871 bits per heavy atom. The van der Waals surface area contributed by atoms with Crippen LogP contribution in [0.3, 0.4) is 0 Å². The topological polar surface area (TPSA) is 43.6 Å². The van der Waals surface area contributed by atoms with Crippen molar-refractivity contribution in [2.45, 2.75) is 0 Å². The lowest BCUT2D eigenvalue weighted by molar-refractivity contribution is 1.07. The van der Waals surface area contributed by atoms with Crippen molar-refractivity contribution in [3.8, 4) is 73.2 Å². The Balaban J connectivity index is 1.15. The molecule has 0 amide bonds. The van der Waals surface area contributed by atoms with Crippen LogP contribution in [0.15, 0.2) is 218 Å². The van der Waals surface area contributed by atoms with Crippen molar-refractivity contribution in [1.29, 1.82) is 0 Å². The van der Waals surface area contributed by atoms with Gasteiger partial charge in [0.1, 0.15) is 0 Å². The molecule has 0 saturated carbocycles. The molecule has 0 saturated heterocycles. The van der Waals surface area contributed by atoms with E-state index in [1.54, 1.807) is 15.9 Å².